The number of hydrogen-bond donors (Lipinski definition) is 1. The smallest absolute Gasteiger partial charge is 0.231 e. The molecule has 1 heterocycles. The second-order valence-electron chi connectivity index (χ2n) is 4.15. The molecule has 0 bridgehead atoms. The normalized spacial score (nSPS) is 15.1. The predicted molar refractivity (Wildman–Crippen MR) is 67.9 cm³/mol. The van der Waals surface area contributed by atoms with Gasteiger partial charge in [-0.3, -0.25) is 4.79 Å². The zero-order valence-corrected chi connectivity index (χ0v) is 10.5. The topological polar surface area (TPSA) is 46.3 Å². The lowest BCUT2D eigenvalue weighted by atomic mass is 10.1. The van der Waals surface area contributed by atoms with Crippen molar-refractivity contribution in [3.8, 4) is 0 Å². The maximum absolute atomic E-state index is 13.1. The first-order chi connectivity index (χ1) is 7.63. The molecule has 1 atom stereocenters. The summed E-state index contributed by atoms with van der Waals surface area (Å²) in [6.07, 6.45) is 0.790. The quantitative estimate of drug-likeness (QED) is 0.878. The van der Waals surface area contributed by atoms with Gasteiger partial charge in [0.1, 0.15) is 5.82 Å². The molecule has 17 heavy (non-hydrogen) atoms. The number of carbonyl (C=O) groups is 1. The molecule has 1 aliphatic heterocycles. The summed E-state index contributed by atoms with van der Waals surface area (Å²) < 4.78 is 13.1. The molecule has 0 saturated carbocycles. The third kappa shape index (κ3) is 2.58. The average molecular weight is 259 g/mol. The second kappa shape index (κ2) is 5.47. The summed E-state index contributed by atoms with van der Waals surface area (Å²) in [7, 11) is 0. The van der Waals surface area contributed by atoms with E-state index >= 15 is 0 Å². The van der Waals surface area contributed by atoms with Crippen LogP contribution in [-0.4, -0.2) is 19.0 Å². The van der Waals surface area contributed by atoms with Gasteiger partial charge in [-0.05, 0) is 24.1 Å². The molecule has 1 aromatic carbocycles. The van der Waals surface area contributed by atoms with Crippen LogP contribution in [0.5, 0.6) is 0 Å². The van der Waals surface area contributed by atoms with Gasteiger partial charge in [-0.25, -0.2) is 4.39 Å². The molecule has 0 aromatic heterocycles. The van der Waals surface area contributed by atoms with E-state index in [9.17, 15) is 9.18 Å². The van der Waals surface area contributed by atoms with Crippen LogP contribution in [0.1, 0.15) is 12.5 Å². The first-order valence-corrected chi connectivity index (χ1v) is 5.43. The molecule has 1 amide bonds. The van der Waals surface area contributed by atoms with Gasteiger partial charge in [-0.1, -0.05) is 13.0 Å². The van der Waals surface area contributed by atoms with E-state index < -0.39 is 0 Å². The maximum Gasteiger partial charge on any atom is 0.231 e. The monoisotopic (exact) mass is 258 g/mol. The lowest BCUT2D eigenvalue weighted by Gasteiger charge is -2.20. The Labute approximate surface area is 106 Å². The molecule has 0 fully saturated rings. The van der Waals surface area contributed by atoms with Gasteiger partial charge in [-0.2, -0.15) is 0 Å². The van der Waals surface area contributed by atoms with Gasteiger partial charge in [-0.15, -0.1) is 12.4 Å². The summed E-state index contributed by atoms with van der Waals surface area (Å²) >= 11 is 0. The number of nitrogens with zero attached hydrogens (tertiary/aromatic N) is 1. The van der Waals surface area contributed by atoms with Crippen molar-refractivity contribution in [1.82, 2.24) is 0 Å². The van der Waals surface area contributed by atoms with E-state index in [1.165, 1.54) is 12.1 Å². The Morgan fingerprint density at radius 1 is 1.59 bits per heavy atom. The third-order valence-electron chi connectivity index (χ3n) is 2.98. The second-order valence-corrected chi connectivity index (χ2v) is 4.15. The molecule has 0 saturated heterocycles. The lowest BCUT2D eigenvalue weighted by molar-refractivity contribution is -0.121. The van der Waals surface area contributed by atoms with E-state index in [2.05, 4.69) is 0 Å². The van der Waals surface area contributed by atoms with Crippen molar-refractivity contribution in [2.24, 2.45) is 11.7 Å². The standard InChI is InChI=1S/C12H15FN2O.ClH/c1-8(7-14)12(16)15-5-4-9-2-3-10(13)6-11(9)15;/h2-3,6,8H,4-5,7,14H2,1H3;1H. The molecule has 2 rings (SSSR count). The average Bonchev–Trinajstić information content (AvgIpc) is 2.69. The zero-order chi connectivity index (χ0) is 11.7. The molecule has 0 spiro atoms. The third-order valence-corrected chi connectivity index (χ3v) is 2.98. The molecule has 3 nitrogen and oxygen atoms in total. The largest absolute Gasteiger partial charge is 0.330 e. The number of nitrogens with two attached hydrogens (primary N) is 1. The molecule has 5 heteroatoms. The first-order valence-electron chi connectivity index (χ1n) is 5.43. The number of benzene rings is 1. The molecule has 94 valence electrons. The van der Waals surface area contributed by atoms with Crippen molar-refractivity contribution in [3.05, 3.63) is 29.6 Å². The van der Waals surface area contributed by atoms with Crippen molar-refractivity contribution >= 4 is 24.0 Å². The number of halogens is 2. The number of hydrogen-bond acceptors (Lipinski definition) is 2. The molecule has 1 unspecified atom stereocenters. The molecule has 0 aliphatic carbocycles. The minimum atomic E-state index is -0.307. The molecule has 1 aromatic rings. The summed E-state index contributed by atoms with van der Waals surface area (Å²) in [4.78, 5) is 13.6. The summed E-state index contributed by atoms with van der Waals surface area (Å²) in [5.41, 5.74) is 7.20. The Balaban J connectivity index is 0.00000144. The molecule has 2 N–H and O–H groups in total. The number of anilines is 1. The molecular formula is C12H16ClFN2O. The van der Waals surface area contributed by atoms with E-state index in [4.69, 9.17) is 5.73 Å². The van der Waals surface area contributed by atoms with Crippen LogP contribution in [0, 0.1) is 11.7 Å². The van der Waals surface area contributed by atoms with Gasteiger partial charge in [0.15, 0.2) is 0 Å². The minimum Gasteiger partial charge on any atom is -0.330 e. The Hall–Kier alpha value is -1.13. The van der Waals surface area contributed by atoms with Crippen LogP contribution in [-0.2, 0) is 11.2 Å². The highest BCUT2D eigenvalue weighted by Gasteiger charge is 2.27. The molecule has 1 aliphatic rings. The zero-order valence-electron chi connectivity index (χ0n) is 9.65. The van der Waals surface area contributed by atoms with Crippen LogP contribution in [0.2, 0.25) is 0 Å². The van der Waals surface area contributed by atoms with E-state index in [1.807, 2.05) is 0 Å². The Kier molecular flexibility index (Phi) is 4.48. The van der Waals surface area contributed by atoms with Crippen LogP contribution in [0.4, 0.5) is 10.1 Å². The maximum atomic E-state index is 13.1. The van der Waals surface area contributed by atoms with Gasteiger partial charge >= 0.3 is 0 Å². The van der Waals surface area contributed by atoms with E-state index in [1.54, 1.807) is 17.9 Å². The van der Waals surface area contributed by atoms with Crippen LogP contribution in [0.3, 0.4) is 0 Å². The van der Waals surface area contributed by atoms with Crippen LogP contribution < -0.4 is 10.6 Å². The highest BCUT2D eigenvalue weighted by molar-refractivity contribution is 5.96. The summed E-state index contributed by atoms with van der Waals surface area (Å²) in [5, 5.41) is 0. The van der Waals surface area contributed by atoms with E-state index in [0.717, 1.165) is 12.0 Å². The minimum absolute atomic E-state index is 0. The van der Waals surface area contributed by atoms with Crippen molar-refractivity contribution in [3.63, 3.8) is 0 Å². The van der Waals surface area contributed by atoms with Gasteiger partial charge in [0, 0.05) is 24.7 Å². The van der Waals surface area contributed by atoms with Crippen molar-refractivity contribution in [2.75, 3.05) is 18.0 Å². The summed E-state index contributed by atoms with van der Waals surface area (Å²) in [5.74, 6) is -0.542. The number of rotatable bonds is 2. The van der Waals surface area contributed by atoms with Crippen molar-refractivity contribution in [2.45, 2.75) is 13.3 Å². The van der Waals surface area contributed by atoms with Gasteiger partial charge in [0.2, 0.25) is 5.91 Å². The molecule has 0 radical (unpaired) electrons. The van der Waals surface area contributed by atoms with Crippen LogP contribution in [0.25, 0.3) is 0 Å². The highest BCUT2D eigenvalue weighted by atomic mass is 35.5. The SMILES string of the molecule is CC(CN)C(=O)N1CCc2ccc(F)cc21.Cl. The van der Waals surface area contributed by atoms with Gasteiger partial charge in [0.25, 0.3) is 0 Å². The molecular weight excluding hydrogens is 243 g/mol. The lowest BCUT2D eigenvalue weighted by Crippen LogP contribution is -2.36. The number of carbonyl (C=O) groups excluding carboxylic acids is 1. The Morgan fingerprint density at radius 3 is 2.94 bits per heavy atom. The summed E-state index contributed by atoms with van der Waals surface area (Å²) in [6.45, 7) is 2.74. The number of fused-ring (bicyclic) bond motifs is 1. The van der Waals surface area contributed by atoms with Crippen LogP contribution in [0.15, 0.2) is 18.2 Å². The Morgan fingerprint density at radius 2 is 2.29 bits per heavy atom. The van der Waals surface area contributed by atoms with Crippen molar-refractivity contribution < 1.29 is 9.18 Å². The van der Waals surface area contributed by atoms with Crippen molar-refractivity contribution in [1.29, 1.82) is 0 Å². The van der Waals surface area contributed by atoms with Gasteiger partial charge < -0.3 is 10.6 Å². The number of amides is 1. The fourth-order valence-electron chi connectivity index (χ4n) is 1.95. The van der Waals surface area contributed by atoms with E-state index in [0.29, 0.717) is 18.8 Å². The van der Waals surface area contributed by atoms with Crippen LogP contribution >= 0.6 is 12.4 Å². The predicted octanol–water partition coefficient (Wildman–Crippen LogP) is 1.73. The fourth-order valence-corrected chi connectivity index (χ4v) is 1.95. The highest BCUT2D eigenvalue weighted by Crippen LogP contribution is 2.29. The summed E-state index contributed by atoms with van der Waals surface area (Å²) in [6, 6.07) is 4.59. The fraction of sp³-hybridized carbons (Fsp3) is 0.417. The van der Waals surface area contributed by atoms with Gasteiger partial charge in [0.05, 0.1) is 0 Å². The Bertz CT molecular complexity index is 425. The van der Waals surface area contributed by atoms with E-state index in [-0.39, 0.29) is 30.0 Å². The first kappa shape index (κ1) is 13.9.